The molecule has 0 saturated heterocycles. The highest BCUT2D eigenvalue weighted by Crippen LogP contribution is 2.36. The second kappa shape index (κ2) is 11.1. The minimum absolute atomic E-state index is 1.07. The van der Waals surface area contributed by atoms with E-state index >= 15 is 0 Å². The summed E-state index contributed by atoms with van der Waals surface area (Å²) in [7, 11) is 0. The maximum atomic E-state index is 4.72. The van der Waals surface area contributed by atoms with Gasteiger partial charge in [0.05, 0.1) is 5.69 Å². The number of hydrogen-bond donors (Lipinski definition) is 0. The third-order valence-corrected chi connectivity index (χ3v) is 6.51. The van der Waals surface area contributed by atoms with Crippen molar-refractivity contribution in [3.8, 4) is 0 Å². The van der Waals surface area contributed by atoms with E-state index < -0.39 is 0 Å². The van der Waals surface area contributed by atoms with Gasteiger partial charge in [-0.05, 0) is 37.1 Å². The fourth-order valence-electron chi connectivity index (χ4n) is 4.68. The smallest absolute Gasteiger partial charge is 0.0712 e. The lowest BCUT2D eigenvalue weighted by atomic mass is 9.97. The standard InChI is InChI=1S/C30H36N2/c1-3-4-5-6-7-8-9-14-22-32-23-21-25(27-15-11-13-18-30(27)32)19-20-26-24(2)31-29-17-12-10-16-28(26)29/h10-13,15-21,23H,3-9,14,22H2,1-2H3/b25-19-,26-20+. The van der Waals surface area contributed by atoms with Crippen molar-refractivity contribution in [2.75, 3.05) is 11.4 Å². The molecular weight excluding hydrogens is 388 g/mol. The lowest BCUT2D eigenvalue weighted by Gasteiger charge is -2.27. The maximum Gasteiger partial charge on any atom is 0.0712 e. The Morgan fingerprint density at radius 3 is 2.28 bits per heavy atom. The van der Waals surface area contributed by atoms with Crippen LogP contribution in [0.1, 0.15) is 76.3 Å². The number of nitrogens with zero attached hydrogens (tertiary/aromatic N) is 2. The Bertz CT molecular complexity index is 1040. The van der Waals surface area contributed by atoms with E-state index in [0.717, 1.165) is 17.9 Å². The Morgan fingerprint density at radius 1 is 0.781 bits per heavy atom. The van der Waals surface area contributed by atoms with Crippen molar-refractivity contribution >= 4 is 28.2 Å². The normalized spacial score (nSPS) is 17.1. The molecule has 166 valence electrons. The Hall–Kier alpha value is -2.87. The van der Waals surface area contributed by atoms with Gasteiger partial charge < -0.3 is 4.90 Å². The Balaban J connectivity index is 1.41. The molecule has 2 heteroatoms. The van der Waals surface area contributed by atoms with Gasteiger partial charge in [-0.15, -0.1) is 0 Å². The van der Waals surface area contributed by atoms with Crippen LogP contribution in [0, 0.1) is 0 Å². The van der Waals surface area contributed by atoms with Gasteiger partial charge in [0.25, 0.3) is 0 Å². The summed E-state index contributed by atoms with van der Waals surface area (Å²) in [5.74, 6) is 0. The molecule has 4 rings (SSSR count). The quantitative estimate of drug-likeness (QED) is 0.348. The first-order chi connectivity index (χ1) is 15.8. The van der Waals surface area contributed by atoms with Crippen LogP contribution in [0.5, 0.6) is 0 Å². The van der Waals surface area contributed by atoms with Crippen LogP contribution in [-0.4, -0.2) is 12.3 Å². The number of fused-ring (bicyclic) bond motifs is 2. The highest BCUT2D eigenvalue weighted by Gasteiger charge is 2.18. The first kappa shape index (κ1) is 22.3. The summed E-state index contributed by atoms with van der Waals surface area (Å²) in [4.78, 5) is 7.14. The van der Waals surface area contributed by atoms with Crippen LogP contribution in [0.2, 0.25) is 0 Å². The molecular formula is C30H36N2. The fourth-order valence-corrected chi connectivity index (χ4v) is 4.68. The molecule has 0 N–H and O–H groups in total. The monoisotopic (exact) mass is 424 g/mol. The number of benzene rings is 2. The van der Waals surface area contributed by atoms with Crippen LogP contribution in [0.3, 0.4) is 0 Å². The predicted molar refractivity (Wildman–Crippen MR) is 141 cm³/mol. The molecule has 0 aromatic heterocycles. The zero-order valence-corrected chi connectivity index (χ0v) is 19.7. The number of para-hydroxylation sites is 2. The number of allylic oxidation sites excluding steroid dienone is 5. The Kier molecular flexibility index (Phi) is 7.77. The number of unbranched alkanes of at least 4 members (excludes halogenated alkanes) is 7. The van der Waals surface area contributed by atoms with Crippen molar-refractivity contribution < 1.29 is 0 Å². The largest absolute Gasteiger partial charge is 0.347 e. The van der Waals surface area contributed by atoms with Gasteiger partial charge in [0.1, 0.15) is 0 Å². The van der Waals surface area contributed by atoms with Crippen molar-refractivity contribution in [3.63, 3.8) is 0 Å². The summed E-state index contributed by atoms with van der Waals surface area (Å²) in [5.41, 5.74) is 8.51. The van der Waals surface area contributed by atoms with Crippen LogP contribution in [0.25, 0.3) is 11.1 Å². The van der Waals surface area contributed by atoms with Gasteiger partial charge in [-0.3, -0.25) is 4.99 Å². The molecule has 0 bridgehead atoms. The first-order valence-corrected chi connectivity index (χ1v) is 12.4. The molecule has 2 aliphatic rings. The number of anilines is 1. The lowest BCUT2D eigenvalue weighted by Crippen LogP contribution is -2.21. The minimum atomic E-state index is 1.07. The van der Waals surface area contributed by atoms with Crippen LogP contribution in [0.4, 0.5) is 11.4 Å². The molecule has 2 nitrogen and oxygen atoms in total. The van der Waals surface area contributed by atoms with Gasteiger partial charge in [0, 0.05) is 40.8 Å². The first-order valence-electron chi connectivity index (χ1n) is 12.4. The number of aliphatic imine (C=N–C) groups is 1. The molecule has 0 radical (unpaired) electrons. The van der Waals surface area contributed by atoms with Crippen LogP contribution >= 0.6 is 0 Å². The van der Waals surface area contributed by atoms with Crippen molar-refractivity contribution in [1.82, 2.24) is 0 Å². The van der Waals surface area contributed by atoms with Gasteiger partial charge >= 0.3 is 0 Å². The molecule has 0 aliphatic carbocycles. The Morgan fingerprint density at radius 2 is 1.47 bits per heavy atom. The third kappa shape index (κ3) is 5.30. The third-order valence-electron chi connectivity index (χ3n) is 6.51. The maximum absolute atomic E-state index is 4.72. The number of rotatable bonds is 10. The van der Waals surface area contributed by atoms with Gasteiger partial charge in [0.15, 0.2) is 0 Å². The average molecular weight is 425 g/mol. The van der Waals surface area contributed by atoms with E-state index in [9.17, 15) is 0 Å². The molecule has 32 heavy (non-hydrogen) atoms. The molecule has 2 aromatic rings. The van der Waals surface area contributed by atoms with Gasteiger partial charge in [-0.25, -0.2) is 0 Å². The topological polar surface area (TPSA) is 15.6 Å². The summed E-state index contributed by atoms with van der Waals surface area (Å²) in [5, 5.41) is 0. The summed E-state index contributed by atoms with van der Waals surface area (Å²) in [6.45, 7) is 5.47. The second-order valence-corrected chi connectivity index (χ2v) is 8.92. The van der Waals surface area contributed by atoms with E-state index in [1.807, 2.05) is 0 Å². The highest BCUT2D eigenvalue weighted by molar-refractivity contribution is 6.28. The molecule has 0 amide bonds. The number of hydrogen-bond acceptors (Lipinski definition) is 2. The molecule has 0 saturated carbocycles. The van der Waals surface area contributed by atoms with Crippen LogP contribution in [0.15, 0.2) is 78.0 Å². The van der Waals surface area contributed by atoms with Gasteiger partial charge in [0.2, 0.25) is 0 Å². The van der Waals surface area contributed by atoms with E-state index in [-0.39, 0.29) is 0 Å². The zero-order valence-electron chi connectivity index (χ0n) is 19.7. The van der Waals surface area contributed by atoms with E-state index in [1.165, 1.54) is 79.3 Å². The molecule has 0 fully saturated rings. The van der Waals surface area contributed by atoms with Gasteiger partial charge in [-0.1, -0.05) is 100 Å². The summed E-state index contributed by atoms with van der Waals surface area (Å²) < 4.78 is 0. The van der Waals surface area contributed by atoms with E-state index in [0.29, 0.717) is 0 Å². The Labute approximate surface area is 194 Å². The molecule has 2 aromatic carbocycles. The molecule has 0 unspecified atom stereocenters. The van der Waals surface area contributed by atoms with E-state index in [1.54, 1.807) is 0 Å². The summed E-state index contributed by atoms with van der Waals surface area (Å²) in [6.07, 6.45) is 19.9. The molecule has 2 heterocycles. The van der Waals surface area contributed by atoms with Crippen LogP contribution < -0.4 is 4.90 Å². The van der Waals surface area contributed by atoms with E-state index in [2.05, 4.69) is 91.7 Å². The predicted octanol–water partition coefficient (Wildman–Crippen LogP) is 8.73. The molecule has 0 spiro atoms. The summed E-state index contributed by atoms with van der Waals surface area (Å²) in [6, 6.07) is 17.2. The van der Waals surface area contributed by atoms with E-state index in [4.69, 9.17) is 4.99 Å². The SMILES string of the molecule is CCCCCCCCCCN1C=C/C(=C/C=C2\C(C)=Nc3ccccc32)c2ccccc21. The average Bonchev–Trinajstić information content (AvgIpc) is 3.14. The highest BCUT2D eigenvalue weighted by atomic mass is 15.1. The zero-order chi connectivity index (χ0) is 22.2. The molecule has 2 aliphatic heterocycles. The fraction of sp³-hybridized carbons (Fsp3) is 0.367. The van der Waals surface area contributed by atoms with Crippen molar-refractivity contribution in [3.05, 3.63) is 84.1 Å². The lowest BCUT2D eigenvalue weighted by molar-refractivity contribution is 0.576. The van der Waals surface area contributed by atoms with Gasteiger partial charge in [-0.2, -0.15) is 0 Å². The second-order valence-electron chi connectivity index (χ2n) is 8.92. The minimum Gasteiger partial charge on any atom is -0.347 e. The van der Waals surface area contributed by atoms with Crippen molar-refractivity contribution in [2.24, 2.45) is 4.99 Å². The van der Waals surface area contributed by atoms with Crippen LogP contribution in [-0.2, 0) is 0 Å². The van der Waals surface area contributed by atoms with Crippen molar-refractivity contribution in [2.45, 2.75) is 65.2 Å². The van der Waals surface area contributed by atoms with Crippen molar-refractivity contribution in [1.29, 1.82) is 0 Å². The summed E-state index contributed by atoms with van der Waals surface area (Å²) >= 11 is 0. The molecule has 0 atom stereocenters.